The highest BCUT2D eigenvalue weighted by Crippen LogP contribution is 2.20. The summed E-state index contributed by atoms with van der Waals surface area (Å²) < 4.78 is 26.7. The Labute approximate surface area is 80.2 Å². The summed E-state index contributed by atoms with van der Waals surface area (Å²) in [4.78, 5) is 3.91. The zero-order valence-electron chi connectivity index (χ0n) is 7.96. The van der Waals surface area contributed by atoms with Crippen molar-refractivity contribution in [2.24, 2.45) is 0 Å². The average molecular weight is 196 g/mol. The molecule has 0 unspecified atom stereocenters. The molecule has 2 aromatic heterocycles. The highest BCUT2D eigenvalue weighted by molar-refractivity contribution is 5.49. The van der Waals surface area contributed by atoms with Gasteiger partial charge in [0.15, 0.2) is 0 Å². The molecule has 0 saturated carbocycles. The zero-order valence-corrected chi connectivity index (χ0v) is 7.96. The van der Waals surface area contributed by atoms with Crippen molar-refractivity contribution in [2.45, 2.75) is 20.3 Å². The number of fused-ring (bicyclic) bond motifs is 1. The van der Waals surface area contributed by atoms with Crippen LogP contribution in [-0.4, -0.2) is 9.38 Å². The fourth-order valence-electron chi connectivity index (χ4n) is 1.50. The van der Waals surface area contributed by atoms with E-state index in [1.165, 1.54) is 6.07 Å². The Morgan fingerprint density at radius 3 is 2.71 bits per heavy atom. The lowest BCUT2D eigenvalue weighted by Crippen LogP contribution is -1.98. The Morgan fingerprint density at radius 1 is 1.36 bits per heavy atom. The fraction of sp³-hybridized carbons (Fsp3) is 0.300. The maximum Gasteiger partial charge on any atom is 0.280 e. The van der Waals surface area contributed by atoms with Crippen LogP contribution in [0.2, 0.25) is 0 Å². The minimum absolute atomic E-state index is 0.156. The van der Waals surface area contributed by atoms with E-state index in [1.807, 2.05) is 19.2 Å². The minimum Gasteiger partial charge on any atom is -0.306 e. The molecule has 14 heavy (non-hydrogen) atoms. The number of rotatable bonds is 1. The van der Waals surface area contributed by atoms with E-state index in [0.29, 0.717) is 5.65 Å². The van der Waals surface area contributed by atoms with Gasteiger partial charge in [-0.1, -0.05) is 0 Å². The van der Waals surface area contributed by atoms with Crippen molar-refractivity contribution in [1.82, 2.24) is 9.38 Å². The van der Waals surface area contributed by atoms with Crippen LogP contribution in [0.5, 0.6) is 0 Å². The normalized spacial score (nSPS) is 11.5. The lowest BCUT2D eigenvalue weighted by molar-refractivity contribution is 0.146. The molecule has 0 amide bonds. The van der Waals surface area contributed by atoms with Crippen molar-refractivity contribution < 1.29 is 8.78 Å². The van der Waals surface area contributed by atoms with Crippen molar-refractivity contribution >= 4 is 5.65 Å². The van der Waals surface area contributed by atoms with Crippen LogP contribution in [-0.2, 0) is 0 Å². The third-order valence-electron chi connectivity index (χ3n) is 2.25. The maximum absolute atomic E-state index is 12.4. The van der Waals surface area contributed by atoms with Gasteiger partial charge >= 0.3 is 0 Å². The minimum atomic E-state index is -2.51. The summed E-state index contributed by atoms with van der Waals surface area (Å²) in [6, 6.07) is 3.28. The first-order valence-electron chi connectivity index (χ1n) is 4.33. The first-order valence-corrected chi connectivity index (χ1v) is 4.33. The number of hydrogen-bond donors (Lipinski definition) is 0. The lowest BCUT2D eigenvalue weighted by atomic mass is 10.3. The molecule has 0 fully saturated rings. The van der Waals surface area contributed by atoms with Crippen LogP contribution in [0.4, 0.5) is 8.78 Å². The largest absolute Gasteiger partial charge is 0.306 e. The molecule has 2 rings (SSSR count). The van der Waals surface area contributed by atoms with E-state index >= 15 is 0 Å². The Kier molecular flexibility index (Phi) is 1.98. The zero-order chi connectivity index (χ0) is 10.3. The second-order valence-corrected chi connectivity index (χ2v) is 3.32. The van der Waals surface area contributed by atoms with Gasteiger partial charge in [-0.3, -0.25) is 0 Å². The fourth-order valence-corrected chi connectivity index (χ4v) is 1.50. The number of alkyl halides is 2. The van der Waals surface area contributed by atoms with Crippen LogP contribution in [0, 0.1) is 13.8 Å². The molecular formula is C10H10F2N2. The summed E-state index contributed by atoms with van der Waals surface area (Å²) in [5, 5.41) is 0. The quantitative estimate of drug-likeness (QED) is 0.685. The van der Waals surface area contributed by atoms with Crippen LogP contribution < -0.4 is 0 Å². The number of aryl methyl sites for hydroxylation is 2. The second-order valence-electron chi connectivity index (χ2n) is 3.32. The number of nitrogens with zero attached hydrogens (tertiary/aromatic N) is 2. The third kappa shape index (κ3) is 1.27. The molecule has 0 aromatic carbocycles. The van der Waals surface area contributed by atoms with E-state index in [4.69, 9.17) is 0 Å². The summed E-state index contributed by atoms with van der Waals surface area (Å²) >= 11 is 0. The van der Waals surface area contributed by atoms with Gasteiger partial charge in [0.05, 0.1) is 0 Å². The van der Waals surface area contributed by atoms with Crippen LogP contribution in [0.25, 0.3) is 5.65 Å². The molecule has 0 N–H and O–H groups in total. The monoisotopic (exact) mass is 196 g/mol. The van der Waals surface area contributed by atoms with Gasteiger partial charge in [-0.05, 0) is 31.5 Å². The smallest absolute Gasteiger partial charge is 0.280 e. The van der Waals surface area contributed by atoms with Crippen LogP contribution in [0.3, 0.4) is 0 Å². The molecule has 2 heterocycles. The van der Waals surface area contributed by atoms with Gasteiger partial charge in [0.2, 0.25) is 0 Å². The van der Waals surface area contributed by atoms with Crippen LogP contribution >= 0.6 is 0 Å². The van der Waals surface area contributed by atoms with Crippen molar-refractivity contribution in [3.63, 3.8) is 0 Å². The maximum atomic E-state index is 12.4. The molecule has 0 spiro atoms. The predicted octanol–water partition coefficient (Wildman–Crippen LogP) is 2.89. The summed E-state index contributed by atoms with van der Waals surface area (Å²) in [7, 11) is 0. The molecule has 0 aliphatic rings. The molecule has 0 radical (unpaired) electrons. The van der Waals surface area contributed by atoms with Gasteiger partial charge in [-0.2, -0.15) is 0 Å². The third-order valence-corrected chi connectivity index (χ3v) is 2.25. The Balaban J connectivity index is 2.75. The molecule has 2 nitrogen and oxygen atoms in total. The van der Waals surface area contributed by atoms with Gasteiger partial charge in [0.1, 0.15) is 11.3 Å². The molecule has 0 saturated heterocycles. The van der Waals surface area contributed by atoms with E-state index in [1.54, 1.807) is 11.3 Å². The number of halogens is 2. The van der Waals surface area contributed by atoms with E-state index < -0.39 is 6.43 Å². The topological polar surface area (TPSA) is 17.3 Å². The van der Waals surface area contributed by atoms with Crippen molar-refractivity contribution in [1.29, 1.82) is 0 Å². The van der Waals surface area contributed by atoms with Gasteiger partial charge in [-0.15, -0.1) is 0 Å². The van der Waals surface area contributed by atoms with E-state index in [2.05, 4.69) is 4.98 Å². The van der Waals surface area contributed by atoms with Crippen molar-refractivity contribution in [3.8, 4) is 0 Å². The average Bonchev–Trinajstić information content (AvgIpc) is 2.48. The summed E-state index contributed by atoms with van der Waals surface area (Å²) in [5.41, 5.74) is 2.14. The van der Waals surface area contributed by atoms with Gasteiger partial charge < -0.3 is 4.40 Å². The molecule has 0 atom stereocenters. The highest BCUT2D eigenvalue weighted by atomic mass is 19.3. The lowest BCUT2D eigenvalue weighted by Gasteiger charge is -2.04. The Morgan fingerprint density at radius 2 is 2.07 bits per heavy atom. The molecule has 2 aromatic rings. The first-order chi connectivity index (χ1) is 6.59. The number of aromatic nitrogens is 2. The molecule has 4 heteroatoms. The molecule has 0 bridgehead atoms. The van der Waals surface area contributed by atoms with E-state index in [0.717, 1.165) is 11.3 Å². The molecule has 0 aliphatic carbocycles. The summed E-state index contributed by atoms with van der Waals surface area (Å²) in [5.74, 6) is 0. The van der Waals surface area contributed by atoms with Crippen molar-refractivity contribution in [2.75, 3.05) is 0 Å². The highest BCUT2D eigenvalue weighted by Gasteiger charge is 2.12. The molecule has 0 aliphatic heterocycles. The van der Waals surface area contributed by atoms with Gasteiger partial charge in [0, 0.05) is 11.9 Å². The van der Waals surface area contributed by atoms with Crippen molar-refractivity contribution in [3.05, 3.63) is 35.3 Å². The van der Waals surface area contributed by atoms with E-state index in [9.17, 15) is 8.78 Å². The SMILES string of the molecule is Cc1ccn2c(C)cc(C(F)F)nc12. The first kappa shape index (κ1) is 9.12. The molecular weight excluding hydrogens is 186 g/mol. The van der Waals surface area contributed by atoms with Crippen LogP contribution in [0.15, 0.2) is 18.3 Å². The molecule has 74 valence electrons. The van der Waals surface area contributed by atoms with Gasteiger partial charge in [0.25, 0.3) is 6.43 Å². The number of hydrogen-bond acceptors (Lipinski definition) is 1. The predicted molar refractivity (Wildman–Crippen MR) is 49.6 cm³/mol. The second kappa shape index (κ2) is 3.04. The summed E-state index contributed by atoms with van der Waals surface area (Å²) in [6.07, 6.45) is -0.671. The Hall–Kier alpha value is -1.45. The Bertz CT molecular complexity index is 474. The van der Waals surface area contributed by atoms with E-state index in [-0.39, 0.29) is 5.69 Å². The standard InChI is InChI=1S/C10H10F2N2/c1-6-3-4-14-7(2)5-8(9(11)12)13-10(6)14/h3-5,9H,1-2H3. The summed E-state index contributed by atoms with van der Waals surface area (Å²) in [6.45, 7) is 3.65. The van der Waals surface area contributed by atoms with Crippen LogP contribution in [0.1, 0.15) is 23.4 Å². The van der Waals surface area contributed by atoms with Gasteiger partial charge in [-0.25, -0.2) is 13.8 Å².